The summed E-state index contributed by atoms with van der Waals surface area (Å²) < 4.78 is 39.1. The molecule has 6 aromatic heterocycles. The highest BCUT2D eigenvalue weighted by Crippen LogP contribution is 2.30. The monoisotopic (exact) mass is 1260 g/mol. The standard InChI is InChI=1S/C12H14FN.C11H12FN.4C10H10ClN.6C2H6/c1-8(2)10-6-9-4-5-14(3)12(9)11(13)7-10;1-3-8-6-9-4-5-13(2)11(9)10(12)7-8;1-7-5-8(11)6-10-9(7)3-4-12(10)2;1-7-5-8-3-4-12(2)10(8)6-9(7)11;1-7-5-8-3-4-12(2)10(8)9(11)6-7;1-7-3-4-9-8(10(7)11)5-6-12(9)2;6*1-2/h4-8H,1-3H3;4-7H,3H2,1-2H3;4*3-6H,1-2H3;6*1-2H3. The Labute approximate surface area is 542 Å². The summed E-state index contributed by atoms with van der Waals surface area (Å²) in [4.78, 5) is 0. The van der Waals surface area contributed by atoms with Crippen LogP contribution >= 0.6 is 46.4 Å². The Bertz CT molecular complexity index is 3950. The van der Waals surface area contributed by atoms with Crippen LogP contribution < -0.4 is 0 Å². The predicted molar refractivity (Wildman–Crippen MR) is 388 cm³/mol. The number of benzene rings is 6. The average Bonchev–Trinajstić information content (AvgIpc) is 3.98. The van der Waals surface area contributed by atoms with E-state index < -0.39 is 0 Å². The summed E-state index contributed by atoms with van der Waals surface area (Å²) >= 11 is 24.2. The molecule has 6 aromatic carbocycles. The molecular formula is C75H102Cl4F2N6. The van der Waals surface area contributed by atoms with Crippen molar-refractivity contribution in [1.82, 2.24) is 27.4 Å². The molecule has 0 aliphatic heterocycles. The molecule has 0 aliphatic carbocycles. The topological polar surface area (TPSA) is 29.6 Å². The average molecular weight is 1270 g/mol. The summed E-state index contributed by atoms with van der Waals surface area (Å²) in [6, 6.07) is 35.9. The molecule has 6 nitrogen and oxygen atoms in total. The van der Waals surface area contributed by atoms with E-state index in [-0.39, 0.29) is 11.6 Å². The molecule has 474 valence electrons. The van der Waals surface area contributed by atoms with Crippen molar-refractivity contribution in [3.05, 3.63) is 211 Å². The van der Waals surface area contributed by atoms with E-state index in [1.54, 1.807) is 12.1 Å². The first kappa shape index (κ1) is 78.6. The quantitative estimate of drug-likeness (QED) is 0.165. The molecule has 0 bridgehead atoms. The molecule has 0 aliphatic rings. The molecule has 12 rings (SSSR count). The number of fused-ring (bicyclic) bond motifs is 6. The zero-order chi connectivity index (χ0) is 66.6. The lowest BCUT2D eigenvalue weighted by Crippen LogP contribution is -1.92. The molecule has 12 aromatic rings. The minimum absolute atomic E-state index is 0.123. The maximum atomic E-state index is 13.7. The molecule has 0 saturated carbocycles. The van der Waals surface area contributed by atoms with Crippen LogP contribution in [0.5, 0.6) is 0 Å². The van der Waals surface area contributed by atoms with Gasteiger partial charge < -0.3 is 27.4 Å². The van der Waals surface area contributed by atoms with Crippen molar-refractivity contribution in [3.63, 3.8) is 0 Å². The Morgan fingerprint density at radius 2 is 0.828 bits per heavy atom. The van der Waals surface area contributed by atoms with E-state index in [0.717, 1.165) is 70.4 Å². The van der Waals surface area contributed by atoms with Crippen LogP contribution in [0.1, 0.15) is 143 Å². The van der Waals surface area contributed by atoms with Gasteiger partial charge >= 0.3 is 0 Å². The van der Waals surface area contributed by atoms with E-state index >= 15 is 0 Å². The van der Waals surface area contributed by atoms with Crippen molar-refractivity contribution in [2.45, 2.75) is 144 Å². The van der Waals surface area contributed by atoms with E-state index in [4.69, 9.17) is 46.4 Å². The number of aromatic nitrogens is 6. The Kier molecular flexibility index (Phi) is 35.7. The van der Waals surface area contributed by atoms with Crippen molar-refractivity contribution >= 4 is 112 Å². The van der Waals surface area contributed by atoms with E-state index in [1.165, 1.54) is 43.8 Å². The second-order valence-corrected chi connectivity index (χ2v) is 21.3. The molecule has 87 heavy (non-hydrogen) atoms. The summed E-state index contributed by atoms with van der Waals surface area (Å²) in [5.41, 5.74) is 12.9. The highest BCUT2D eigenvalue weighted by atomic mass is 35.5. The number of halogens is 6. The van der Waals surface area contributed by atoms with Gasteiger partial charge in [0.15, 0.2) is 0 Å². The third-order valence-corrected chi connectivity index (χ3v) is 15.0. The van der Waals surface area contributed by atoms with Gasteiger partial charge in [0.25, 0.3) is 0 Å². The zero-order valence-electron chi connectivity index (χ0n) is 57.1. The van der Waals surface area contributed by atoms with Crippen LogP contribution in [0.2, 0.25) is 20.1 Å². The summed E-state index contributed by atoms with van der Waals surface area (Å²) in [7, 11) is 11.8. The normalized spacial score (nSPS) is 9.93. The van der Waals surface area contributed by atoms with E-state index in [9.17, 15) is 8.78 Å². The lowest BCUT2D eigenvalue weighted by atomic mass is 10.0. The first-order valence-corrected chi connectivity index (χ1v) is 32.4. The highest BCUT2D eigenvalue weighted by Gasteiger charge is 2.10. The maximum absolute atomic E-state index is 13.7. The number of aryl methyl sites for hydroxylation is 11. The number of rotatable bonds is 2. The van der Waals surface area contributed by atoms with E-state index in [1.807, 2.05) is 252 Å². The van der Waals surface area contributed by atoms with Crippen molar-refractivity contribution in [2.75, 3.05) is 0 Å². The van der Waals surface area contributed by atoms with E-state index in [0.29, 0.717) is 17.0 Å². The smallest absolute Gasteiger partial charge is 0.147 e. The van der Waals surface area contributed by atoms with Crippen molar-refractivity contribution in [3.8, 4) is 0 Å². The highest BCUT2D eigenvalue weighted by molar-refractivity contribution is 6.36. The lowest BCUT2D eigenvalue weighted by Gasteiger charge is -2.06. The molecule has 0 amide bonds. The summed E-state index contributed by atoms with van der Waals surface area (Å²) in [6.45, 7) is 38.4. The molecule has 0 atom stereocenters. The Hall–Kier alpha value is -6.42. The van der Waals surface area contributed by atoms with Crippen molar-refractivity contribution in [2.24, 2.45) is 42.3 Å². The summed E-state index contributed by atoms with van der Waals surface area (Å²) in [5.74, 6) is 0.120. The Morgan fingerprint density at radius 3 is 1.37 bits per heavy atom. The van der Waals surface area contributed by atoms with Gasteiger partial charge in [-0.25, -0.2) is 8.78 Å². The fourth-order valence-electron chi connectivity index (χ4n) is 9.26. The third kappa shape index (κ3) is 21.1. The number of hydrogen-bond donors (Lipinski definition) is 0. The predicted octanol–water partition coefficient (Wildman–Crippen LogP) is 25.0. The molecule has 0 N–H and O–H groups in total. The molecule has 0 fully saturated rings. The van der Waals surface area contributed by atoms with Gasteiger partial charge in [0.05, 0.1) is 26.6 Å². The lowest BCUT2D eigenvalue weighted by molar-refractivity contribution is 0.627. The van der Waals surface area contributed by atoms with Crippen LogP contribution in [0.15, 0.2) is 146 Å². The van der Waals surface area contributed by atoms with Crippen LogP contribution in [0, 0.1) is 39.3 Å². The van der Waals surface area contributed by atoms with Gasteiger partial charge in [-0.1, -0.05) is 156 Å². The second-order valence-electron chi connectivity index (χ2n) is 19.7. The third-order valence-electron chi connectivity index (χ3n) is 13.6. The molecule has 0 saturated heterocycles. The van der Waals surface area contributed by atoms with Gasteiger partial charge in [-0.05, 0) is 182 Å². The van der Waals surface area contributed by atoms with Gasteiger partial charge in [-0.2, -0.15) is 0 Å². The SMILES string of the molecule is CC.CC.CC.CC.CC.CC.CC(C)c1cc(F)c2c(ccn2C)c1.CCc1cc(F)c2c(ccn2C)c1.Cc1cc(Cl)c2c(ccn2C)c1.Cc1cc(Cl)cc2c1ccn2C.Cc1cc2ccn(C)c2cc1Cl.Cc1ccc2c(ccn2C)c1Cl. The molecule has 6 heterocycles. The first-order valence-electron chi connectivity index (χ1n) is 30.9. The van der Waals surface area contributed by atoms with Crippen molar-refractivity contribution < 1.29 is 8.78 Å². The van der Waals surface area contributed by atoms with Crippen LogP contribution in [0.4, 0.5) is 8.78 Å². The fraction of sp³-hybridized carbons (Fsp3) is 0.360. The van der Waals surface area contributed by atoms with Crippen LogP contribution in [0.3, 0.4) is 0 Å². The van der Waals surface area contributed by atoms with Crippen molar-refractivity contribution in [1.29, 1.82) is 0 Å². The fourth-order valence-corrected chi connectivity index (χ4v) is 10.3. The van der Waals surface area contributed by atoms with Crippen LogP contribution in [-0.4, -0.2) is 27.4 Å². The maximum Gasteiger partial charge on any atom is 0.147 e. The first-order chi connectivity index (χ1) is 41.6. The number of hydrogen-bond acceptors (Lipinski definition) is 0. The minimum atomic E-state index is -0.126. The second kappa shape index (κ2) is 39.5. The van der Waals surface area contributed by atoms with Gasteiger partial charge in [0.1, 0.15) is 11.6 Å². The molecule has 0 spiro atoms. The van der Waals surface area contributed by atoms with Crippen LogP contribution in [-0.2, 0) is 48.7 Å². The van der Waals surface area contributed by atoms with Gasteiger partial charge in [-0.15, -0.1) is 0 Å². The van der Waals surface area contributed by atoms with Gasteiger partial charge in [-0.3, -0.25) is 0 Å². The van der Waals surface area contributed by atoms with Crippen LogP contribution in [0.25, 0.3) is 65.4 Å². The van der Waals surface area contributed by atoms with Gasteiger partial charge in [0.2, 0.25) is 0 Å². The summed E-state index contributed by atoms with van der Waals surface area (Å²) in [6.07, 6.45) is 12.8. The van der Waals surface area contributed by atoms with Gasteiger partial charge in [0, 0.05) is 133 Å². The molecule has 12 heteroatoms. The number of nitrogens with zero attached hydrogens (tertiary/aromatic N) is 6. The zero-order valence-corrected chi connectivity index (χ0v) is 60.1. The minimum Gasteiger partial charge on any atom is -0.351 e. The Balaban J connectivity index is 0.000000504. The summed E-state index contributed by atoms with van der Waals surface area (Å²) in [5, 5.41) is 10.2. The molecular weight excluding hydrogens is 1160 g/mol. The Morgan fingerprint density at radius 1 is 0.379 bits per heavy atom. The molecule has 0 radical (unpaired) electrons. The largest absolute Gasteiger partial charge is 0.351 e. The van der Waals surface area contributed by atoms with E-state index in [2.05, 4.69) is 83.9 Å². The molecule has 0 unspecified atom stereocenters.